The van der Waals surface area contributed by atoms with Gasteiger partial charge in [-0.3, -0.25) is 0 Å². The number of hydrogen-bond acceptors (Lipinski definition) is 2. The molecule has 1 fully saturated rings. The molecule has 1 aliphatic heterocycles. The maximum absolute atomic E-state index is 12.8. The van der Waals surface area contributed by atoms with Gasteiger partial charge < -0.3 is 10.1 Å². The first-order valence-electron chi connectivity index (χ1n) is 4.55. The van der Waals surface area contributed by atoms with Crippen LogP contribution in [0.4, 0.5) is 9.18 Å². The number of carbonyl (C=O) groups excluding carboxylic acids is 1. The highest BCUT2D eigenvalue weighted by Crippen LogP contribution is 2.27. The average molecular weight is 274 g/mol. The molecule has 1 aromatic rings. The van der Waals surface area contributed by atoms with E-state index in [4.69, 9.17) is 4.74 Å². The third-order valence-corrected chi connectivity index (χ3v) is 2.96. The number of carbonyl (C=O) groups is 1. The van der Waals surface area contributed by atoms with Gasteiger partial charge >= 0.3 is 6.09 Å². The molecule has 0 radical (unpaired) electrons. The van der Waals surface area contributed by atoms with Crippen LogP contribution in [0.2, 0.25) is 0 Å². The second kappa shape index (κ2) is 4.18. The minimum Gasteiger partial charge on any atom is -0.449 e. The van der Waals surface area contributed by atoms with Crippen LogP contribution in [0.1, 0.15) is 18.0 Å². The van der Waals surface area contributed by atoms with Crippen molar-refractivity contribution >= 4 is 22.0 Å². The average Bonchev–Trinajstić information content (AvgIpc) is 2.17. The molecule has 0 spiro atoms. The first-order chi connectivity index (χ1) is 7.16. The number of hydrogen-bond donors (Lipinski definition) is 1. The van der Waals surface area contributed by atoms with Crippen LogP contribution in [-0.2, 0) is 4.74 Å². The number of rotatable bonds is 1. The Morgan fingerprint density at radius 1 is 1.53 bits per heavy atom. The Morgan fingerprint density at radius 3 is 3.00 bits per heavy atom. The van der Waals surface area contributed by atoms with Gasteiger partial charge in [0.2, 0.25) is 0 Å². The van der Waals surface area contributed by atoms with Crippen LogP contribution in [0, 0.1) is 5.82 Å². The van der Waals surface area contributed by atoms with Gasteiger partial charge in [0.05, 0.1) is 12.6 Å². The summed E-state index contributed by atoms with van der Waals surface area (Å²) < 4.78 is 18.3. The molecule has 0 aromatic heterocycles. The van der Waals surface area contributed by atoms with Crippen LogP contribution in [0.3, 0.4) is 0 Å². The van der Waals surface area contributed by atoms with Gasteiger partial charge in [-0.2, -0.15) is 0 Å². The summed E-state index contributed by atoms with van der Waals surface area (Å²) in [4.78, 5) is 11.0. The molecule has 0 unspecified atom stereocenters. The van der Waals surface area contributed by atoms with Crippen LogP contribution < -0.4 is 5.32 Å². The lowest BCUT2D eigenvalue weighted by Crippen LogP contribution is -2.35. The minimum absolute atomic E-state index is 0.110. The fourth-order valence-electron chi connectivity index (χ4n) is 1.54. The number of amides is 1. The summed E-state index contributed by atoms with van der Waals surface area (Å²) in [6.45, 7) is 0.389. The number of cyclic esters (lactones) is 1. The number of alkyl carbamates (subject to hydrolysis) is 1. The van der Waals surface area contributed by atoms with E-state index in [0.717, 1.165) is 5.56 Å². The van der Waals surface area contributed by atoms with Crippen molar-refractivity contribution in [3.8, 4) is 0 Å². The van der Waals surface area contributed by atoms with E-state index in [-0.39, 0.29) is 11.9 Å². The Balaban J connectivity index is 2.24. The fraction of sp³-hybridized carbons (Fsp3) is 0.300. The van der Waals surface area contributed by atoms with Crippen LogP contribution >= 0.6 is 15.9 Å². The molecule has 3 nitrogen and oxygen atoms in total. The first kappa shape index (κ1) is 10.4. The van der Waals surface area contributed by atoms with Crippen molar-refractivity contribution in [1.29, 1.82) is 0 Å². The molecular formula is C10H9BrFNO2. The van der Waals surface area contributed by atoms with E-state index in [2.05, 4.69) is 21.2 Å². The molecular weight excluding hydrogens is 265 g/mol. The smallest absolute Gasteiger partial charge is 0.407 e. The third-order valence-electron chi connectivity index (χ3n) is 2.27. The predicted molar refractivity (Wildman–Crippen MR) is 55.9 cm³/mol. The minimum atomic E-state index is -0.428. The highest BCUT2D eigenvalue weighted by Gasteiger charge is 2.22. The second-order valence-electron chi connectivity index (χ2n) is 3.29. The molecule has 2 rings (SSSR count). The number of nitrogens with one attached hydrogen (secondary N) is 1. The predicted octanol–water partition coefficient (Wildman–Crippen LogP) is 2.76. The Morgan fingerprint density at radius 2 is 2.33 bits per heavy atom. The Kier molecular flexibility index (Phi) is 2.90. The van der Waals surface area contributed by atoms with Gasteiger partial charge in [0.15, 0.2) is 0 Å². The lowest BCUT2D eigenvalue weighted by Gasteiger charge is -2.24. The number of ether oxygens (including phenoxy) is 1. The summed E-state index contributed by atoms with van der Waals surface area (Å²) >= 11 is 3.27. The largest absolute Gasteiger partial charge is 0.449 e. The van der Waals surface area contributed by atoms with E-state index in [1.54, 1.807) is 6.07 Å². The van der Waals surface area contributed by atoms with Gasteiger partial charge in [-0.05, 0) is 17.7 Å². The van der Waals surface area contributed by atoms with Crippen molar-refractivity contribution in [3.05, 3.63) is 34.1 Å². The van der Waals surface area contributed by atoms with E-state index >= 15 is 0 Å². The molecule has 5 heteroatoms. The zero-order valence-corrected chi connectivity index (χ0v) is 9.38. The molecule has 1 aliphatic rings. The van der Waals surface area contributed by atoms with Gasteiger partial charge in [-0.25, -0.2) is 9.18 Å². The van der Waals surface area contributed by atoms with Gasteiger partial charge in [-0.15, -0.1) is 0 Å². The van der Waals surface area contributed by atoms with Crippen LogP contribution in [-0.4, -0.2) is 12.7 Å². The summed E-state index contributed by atoms with van der Waals surface area (Å²) in [5, 5.41) is 2.68. The van der Waals surface area contributed by atoms with Crippen molar-refractivity contribution in [1.82, 2.24) is 5.32 Å². The summed E-state index contributed by atoms with van der Waals surface area (Å²) in [7, 11) is 0. The third kappa shape index (κ3) is 2.28. The topological polar surface area (TPSA) is 38.3 Å². The van der Waals surface area contributed by atoms with Gasteiger partial charge in [0.25, 0.3) is 0 Å². The molecule has 0 aliphatic carbocycles. The molecule has 80 valence electrons. The van der Waals surface area contributed by atoms with Gasteiger partial charge in [0.1, 0.15) is 5.82 Å². The summed E-state index contributed by atoms with van der Waals surface area (Å²) in [5.41, 5.74) is 0.869. The molecule has 1 aromatic carbocycles. The van der Waals surface area contributed by atoms with E-state index in [1.165, 1.54) is 12.1 Å². The molecule has 0 saturated carbocycles. The molecule has 1 atom stereocenters. The monoisotopic (exact) mass is 273 g/mol. The molecule has 15 heavy (non-hydrogen) atoms. The second-order valence-corrected chi connectivity index (χ2v) is 4.14. The van der Waals surface area contributed by atoms with Crippen LogP contribution in [0.5, 0.6) is 0 Å². The summed E-state index contributed by atoms with van der Waals surface area (Å²) in [6, 6.07) is 4.31. The zero-order chi connectivity index (χ0) is 10.8. The van der Waals surface area contributed by atoms with Crippen LogP contribution in [0.25, 0.3) is 0 Å². The van der Waals surface area contributed by atoms with E-state index in [0.29, 0.717) is 17.5 Å². The normalized spacial score (nSPS) is 20.7. The number of halogens is 2. The van der Waals surface area contributed by atoms with Crippen LogP contribution in [0.15, 0.2) is 22.7 Å². The molecule has 1 heterocycles. The highest BCUT2D eigenvalue weighted by molar-refractivity contribution is 9.10. The zero-order valence-electron chi connectivity index (χ0n) is 7.80. The van der Waals surface area contributed by atoms with Crippen molar-refractivity contribution < 1.29 is 13.9 Å². The van der Waals surface area contributed by atoms with E-state index < -0.39 is 6.09 Å². The van der Waals surface area contributed by atoms with Crippen molar-refractivity contribution in [3.63, 3.8) is 0 Å². The molecule has 1 N–H and O–H groups in total. The summed E-state index contributed by atoms with van der Waals surface area (Å²) in [5.74, 6) is -0.302. The highest BCUT2D eigenvalue weighted by atomic mass is 79.9. The van der Waals surface area contributed by atoms with E-state index in [1.807, 2.05) is 0 Å². The summed E-state index contributed by atoms with van der Waals surface area (Å²) in [6.07, 6.45) is 0.262. The Labute approximate surface area is 94.7 Å². The molecule has 1 amide bonds. The number of benzene rings is 1. The van der Waals surface area contributed by atoms with Crippen molar-refractivity contribution in [2.24, 2.45) is 0 Å². The van der Waals surface area contributed by atoms with Gasteiger partial charge in [0, 0.05) is 10.9 Å². The Hall–Kier alpha value is -1.10. The maximum Gasteiger partial charge on any atom is 0.407 e. The first-order valence-corrected chi connectivity index (χ1v) is 5.34. The lowest BCUT2D eigenvalue weighted by atomic mass is 10.0. The SMILES string of the molecule is O=C1N[C@H](c2ccc(F)cc2Br)CCO1. The van der Waals surface area contributed by atoms with Crippen molar-refractivity contribution in [2.45, 2.75) is 12.5 Å². The quantitative estimate of drug-likeness (QED) is 0.855. The Bertz CT molecular complexity index is 397. The van der Waals surface area contributed by atoms with Gasteiger partial charge in [-0.1, -0.05) is 22.0 Å². The van der Waals surface area contributed by atoms with E-state index in [9.17, 15) is 9.18 Å². The van der Waals surface area contributed by atoms with Crippen molar-refractivity contribution in [2.75, 3.05) is 6.61 Å². The fourth-order valence-corrected chi connectivity index (χ4v) is 2.17. The lowest BCUT2D eigenvalue weighted by molar-refractivity contribution is 0.115. The molecule has 0 bridgehead atoms. The standard InChI is InChI=1S/C10H9BrFNO2/c11-8-5-6(12)1-2-7(8)9-3-4-15-10(14)13-9/h1-2,5,9H,3-4H2,(H,13,14)/t9-/m0/s1. The maximum atomic E-state index is 12.8. The molecule has 1 saturated heterocycles.